The zero-order valence-corrected chi connectivity index (χ0v) is 23.7. The summed E-state index contributed by atoms with van der Waals surface area (Å²) in [5, 5.41) is 11.1. The quantitative estimate of drug-likeness (QED) is 0.260. The summed E-state index contributed by atoms with van der Waals surface area (Å²) in [6.45, 7) is 13.5. The number of nitrogens with zero attached hydrogens (tertiary/aromatic N) is 5. The first-order chi connectivity index (χ1) is 18.5. The van der Waals surface area contributed by atoms with Crippen LogP contribution in [0.4, 0.5) is 11.5 Å². The lowest BCUT2D eigenvalue weighted by molar-refractivity contribution is -0.384. The second-order valence-electron chi connectivity index (χ2n) is 11.8. The minimum atomic E-state index is -0.386. The first kappa shape index (κ1) is 28.2. The predicted octanol–water partition coefficient (Wildman–Crippen LogP) is 6.06. The van der Waals surface area contributed by atoms with Crippen LogP contribution in [0.3, 0.4) is 0 Å². The van der Waals surface area contributed by atoms with Crippen LogP contribution in [-0.2, 0) is 11.2 Å². The molecule has 2 aromatic carbocycles. The Morgan fingerprint density at radius 1 is 1.00 bits per heavy atom. The molecule has 8 heteroatoms. The van der Waals surface area contributed by atoms with Gasteiger partial charge in [0, 0.05) is 68.0 Å². The molecule has 1 aromatic heterocycles. The van der Waals surface area contributed by atoms with Crippen molar-refractivity contribution in [1.29, 1.82) is 0 Å². The van der Waals surface area contributed by atoms with E-state index >= 15 is 0 Å². The summed E-state index contributed by atoms with van der Waals surface area (Å²) in [6.07, 6.45) is 2.16. The summed E-state index contributed by atoms with van der Waals surface area (Å²) in [5.74, 6) is 2.11. The van der Waals surface area contributed by atoms with Crippen molar-refractivity contribution in [2.24, 2.45) is 11.3 Å². The molecule has 1 aliphatic heterocycles. The fourth-order valence-corrected chi connectivity index (χ4v) is 5.42. The van der Waals surface area contributed by atoms with Crippen LogP contribution in [0, 0.1) is 28.4 Å². The van der Waals surface area contributed by atoms with E-state index in [4.69, 9.17) is 9.97 Å². The van der Waals surface area contributed by atoms with E-state index < -0.39 is 0 Å². The van der Waals surface area contributed by atoms with E-state index in [1.165, 1.54) is 12.1 Å². The van der Waals surface area contributed by atoms with Gasteiger partial charge in [0.25, 0.3) is 5.69 Å². The third-order valence-electron chi connectivity index (χ3n) is 7.17. The number of amides is 1. The number of hydrogen-bond donors (Lipinski definition) is 0. The third kappa shape index (κ3) is 7.40. The van der Waals surface area contributed by atoms with Crippen LogP contribution in [0.15, 0.2) is 54.6 Å². The summed E-state index contributed by atoms with van der Waals surface area (Å²) < 4.78 is 0. The van der Waals surface area contributed by atoms with Gasteiger partial charge >= 0.3 is 0 Å². The molecule has 0 radical (unpaired) electrons. The van der Waals surface area contributed by atoms with Crippen LogP contribution in [0.5, 0.6) is 0 Å². The van der Waals surface area contributed by atoms with Crippen molar-refractivity contribution in [1.82, 2.24) is 14.9 Å². The molecule has 0 spiro atoms. The van der Waals surface area contributed by atoms with Crippen molar-refractivity contribution in [3.8, 4) is 11.4 Å². The van der Waals surface area contributed by atoms with E-state index in [2.05, 4.69) is 32.6 Å². The number of anilines is 1. The molecule has 1 aliphatic rings. The van der Waals surface area contributed by atoms with E-state index in [-0.39, 0.29) is 21.9 Å². The maximum Gasteiger partial charge on any atom is 0.269 e. The van der Waals surface area contributed by atoms with Crippen molar-refractivity contribution in [3.63, 3.8) is 0 Å². The van der Waals surface area contributed by atoms with Gasteiger partial charge in [0.2, 0.25) is 5.91 Å². The molecule has 2 heterocycles. The van der Waals surface area contributed by atoms with E-state index in [0.29, 0.717) is 50.8 Å². The maximum absolute atomic E-state index is 13.0. The molecule has 3 aromatic rings. The van der Waals surface area contributed by atoms with Crippen LogP contribution in [-0.4, -0.2) is 51.9 Å². The van der Waals surface area contributed by atoms with Crippen LogP contribution < -0.4 is 4.90 Å². The minimum absolute atomic E-state index is 0.0731. The highest BCUT2D eigenvalue weighted by molar-refractivity contribution is 5.77. The highest BCUT2D eigenvalue weighted by atomic mass is 16.6. The van der Waals surface area contributed by atoms with Crippen molar-refractivity contribution >= 4 is 17.4 Å². The fraction of sp³-hybridized carbons (Fsp3) is 0.452. The molecule has 0 N–H and O–H groups in total. The predicted molar refractivity (Wildman–Crippen MR) is 155 cm³/mol. The summed E-state index contributed by atoms with van der Waals surface area (Å²) >= 11 is 0. The van der Waals surface area contributed by atoms with Gasteiger partial charge in [-0.15, -0.1) is 0 Å². The number of nitro groups is 1. The highest BCUT2D eigenvalue weighted by Gasteiger charge is 2.27. The van der Waals surface area contributed by atoms with Crippen LogP contribution in [0.1, 0.15) is 57.4 Å². The van der Waals surface area contributed by atoms with Gasteiger partial charge in [-0.25, -0.2) is 9.97 Å². The zero-order valence-electron chi connectivity index (χ0n) is 23.7. The van der Waals surface area contributed by atoms with Crippen LogP contribution >= 0.6 is 0 Å². The molecule has 206 valence electrons. The molecular formula is C31H39N5O3. The molecule has 0 unspecified atom stereocenters. The number of carbonyl (C=O) groups excluding carboxylic acids is 1. The van der Waals surface area contributed by atoms with E-state index in [0.717, 1.165) is 34.6 Å². The smallest absolute Gasteiger partial charge is 0.269 e. The average Bonchev–Trinajstić information content (AvgIpc) is 2.89. The first-order valence-electron chi connectivity index (χ1n) is 13.7. The Morgan fingerprint density at radius 2 is 1.64 bits per heavy atom. The lowest BCUT2D eigenvalue weighted by Gasteiger charge is -2.37. The van der Waals surface area contributed by atoms with Gasteiger partial charge in [-0.1, -0.05) is 70.2 Å². The summed E-state index contributed by atoms with van der Waals surface area (Å²) in [4.78, 5) is 37.9. The lowest BCUT2D eigenvalue weighted by atomic mass is 9.84. The molecule has 1 atom stereocenters. The number of nitro benzene ring substituents is 1. The molecule has 1 amide bonds. The van der Waals surface area contributed by atoms with Gasteiger partial charge in [0.05, 0.1) is 4.92 Å². The number of non-ortho nitro benzene ring substituents is 1. The van der Waals surface area contributed by atoms with Gasteiger partial charge < -0.3 is 9.80 Å². The Labute approximate surface area is 231 Å². The van der Waals surface area contributed by atoms with Gasteiger partial charge in [0.1, 0.15) is 5.82 Å². The Kier molecular flexibility index (Phi) is 8.63. The Morgan fingerprint density at radius 3 is 2.23 bits per heavy atom. The average molecular weight is 530 g/mol. The lowest BCUT2D eigenvalue weighted by Crippen LogP contribution is -2.49. The second-order valence-corrected chi connectivity index (χ2v) is 11.8. The van der Waals surface area contributed by atoms with Crippen molar-refractivity contribution < 1.29 is 9.72 Å². The molecular weight excluding hydrogens is 490 g/mol. The highest BCUT2D eigenvalue weighted by Crippen LogP contribution is 2.30. The Hall–Kier alpha value is -3.81. The van der Waals surface area contributed by atoms with Crippen LogP contribution in [0.25, 0.3) is 11.4 Å². The molecule has 1 saturated heterocycles. The molecule has 1 fully saturated rings. The van der Waals surface area contributed by atoms with E-state index in [9.17, 15) is 14.9 Å². The maximum atomic E-state index is 13.0. The summed E-state index contributed by atoms with van der Waals surface area (Å²) in [7, 11) is 0. The number of carbonyl (C=O) groups is 1. The number of rotatable bonds is 8. The molecule has 4 rings (SSSR count). The first-order valence-corrected chi connectivity index (χ1v) is 13.7. The van der Waals surface area contributed by atoms with Crippen molar-refractivity contribution in [2.75, 3.05) is 31.1 Å². The van der Waals surface area contributed by atoms with Gasteiger partial charge in [0.15, 0.2) is 5.82 Å². The van der Waals surface area contributed by atoms with E-state index in [1.807, 2.05) is 42.2 Å². The van der Waals surface area contributed by atoms with Crippen molar-refractivity contribution in [3.05, 3.63) is 81.5 Å². The number of benzene rings is 2. The second kappa shape index (κ2) is 11.9. The van der Waals surface area contributed by atoms with Gasteiger partial charge in [-0.2, -0.15) is 0 Å². The van der Waals surface area contributed by atoms with Gasteiger partial charge in [-0.3, -0.25) is 14.9 Å². The Balaban J connectivity index is 1.56. The molecule has 8 nitrogen and oxygen atoms in total. The normalized spacial score (nSPS) is 14.8. The number of hydrogen-bond acceptors (Lipinski definition) is 6. The SMILES string of the molecule is Cc1nc(-c2ccccc2)nc(N2CCN(C(=O)C[C@H](C)CC(C)(C)C)CC2)c1Cc1ccc([N+](=O)[O-])cc1. The monoisotopic (exact) mass is 529 g/mol. The summed E-state index contributed by atoms with van der Waals surface area (Å²) in [5.41, 5.74) is 4.07. The van der Waals surface area contributed by atoms with Crippen LogP contribution in [0.2, 0.25) is 0 Å². The summed E-state index contributed by atoms with van der Waals surface area (Å²) in [6, 6.07) is 16.6. The fourth-order valence-electron chi connectivity index (χ4n) is 5.42. The zero-order chi connectivity index (χ0) is 28.2. The number of aryl methyl sites for hydroxylation is 1. The van der Waals surface area contributed by atoms with E-state index in [1.54, 1.807) is 12.1 Å². The van der Waals surface area contributed by atoms with Gasteiger partial charge in [-0.05, 0) is 30.2 Å². The molecule has 0 aliphatic carbocycles. The number of aromatic nitrogens is 2. The Bertz CT molecular complexity index is 1290. The largest absolute Gasteiger partial charge is 0.353 e. The standard InChI is InChI=1S/C31H39N5O3/c1-22(21-31(3,4)5)19-28(37)34-15-17-35(18-16-34)30-27(20-24-11-13-26(14-12-24)36(38)39)23(2)32-29(33-30)25-9-7-6-8-10-25/h6-14,22H,15-21H2,1-5H3/t22-/m0/s1. The molecule has 39 heavy (non-hydrogen) atoms. The topological polar surface area (TPSA) is 92.5 Å². The minimum Gasteiger partial charge on any atom is -0.353 e. The number of piperazine rings is 1. The molecule has 0 bridgehead atoms. The molecule has 0 saturated carbocycles. The third-order valence-corrected chi connectivity index (χ3v) is 7.17. The van der Waals surface area contributed by atoms with Crippen molar-refractivity contribution in [2.45, 2.75) is 53.9 Å².